The lowest BCUT2D eigenvalue weighted by Crippen LogP contribution is -2.02. The van der Waals surface area contributed by atoms with Gasteiger partial charge in [0.05, 0.1) is 0 Å². The van der Waals surface area contributed by atoms with E-state index in [4.69, 9.17) is 0 Å². The van der Waals surface area contributed by atoms with E-state index in [1.165, 1.54) is 16.2 Å². The maximum atomic E-state index is 3.48. The maximum absolute atomic E-state index is 3.48. The van der Waals surface area contributed by atoms with Crippen LogP contribution in [0.1, 0.15) is 0 Å². The van der Waals surface area contributed by atoms with Crippen molar-refractivity contribution in [2.45, 2.75) is 0 Å². The van der Waals surface area contributed by atoms with Gasteiger partial charge in [0.15, 0.2) is 0 Å². The first-order valence-corrected chi connectivity index (χ1v) is 4.71. The minimum atomic E-state index is 1.15. The van der Waals surface area contributed by atoms with Gasteiger partial charge < -0.3 is 0 Å². The number of rotatable bonds is 0. The van der Waals surface area contributed by atoms with E-state index in [2.05, 4.69) is 60.2 Å². The van der Waals surface area contributed by atoms with Crippen molar-refractivity contribution in [3.05, 3.63) is 40.9 Å². The molecule has 0 unspecified atom stereocenters. The SMILES string of the molecule is Bc1cc(Br)cc2ccccc12. The summed E-state index contributed by atoms with van der Waals surface area (Å²) in [5.74, 6) is 0. The van der Waals surface area contributed by atoms with Crippen LogP contribution in [0.3, 0.4) is 0 Å². The molecule has 12 heavy (non-hydrogen) atoms. The Balaban J connectivity index is 2.89. The second kappa shape index (κ2) is 2.94. The first kappa shape index (κ1) is 7.87. The second-order valence-corrected chi connectivity index (χ2v) is 3.86. The quantitative estimate of drug-likeness (QED) is 0.593. The Hall–Kier alpha value is -0.755. The van der Waals surface area contributed by atoms with Crippen LogP contribution in [0.5, 0.6) is 0 Å². The Morgan fingerprint density at radius 2 is 1.83 bits per heavy atom. The summed E-state index contributed by atoms with van der Waals surface area (Å²) in [6.45, 7) is 0. The molecule has 58 valence electrons. The summed E-state index contributed by atoms with van der Waals surface area (Å²) in [5, 5.41) is 2.63. The molecule has 0 N–H and O–H groups in total. The fourth-order valence-electron chi connectivity index (χ4n) is 1.46. The predicted molar refractivity (Wildman–Crippen MR) is 59.8 cm³/mol. The summed E-state index contributed by atoms with van der Waals surface area (Å²) >= 11 is 3.48. The van der Waals surface area contributed by atoms with Crippen molar-refractivity contribution >= 4 is 40.0 Å². The summed E-state index contributed by atoms with van der Waals surface area (Å²) in [4.78, 5) is 0. The van der Waals surface area contributed by atoms with Crippen LogP contribution in [-0.4, -0.2) is 7.85 Å². The van der Waals surface area contributed by atoms with Crippen LogP contribution in [0.25, 0.3) is 10.8 Å². The fourth-order valence-corrected chi connectivity index (χ4v) is 2.05. The Morgan fingerprint density at radius 3 is 2.67 bits per heavy atom. The second-order valence-electron chi connectivity index (χ2n) is 2.94. The number of benzene rings is 2. The summed E-state index contributed by atoms with van der Waals surface area (Å²) in [7, 11) is 2.13. The van der Waals surface area contributed by atoms with Crippen LogP contribution in [0.15, 0.2) is 40.9 Å². The van der Waals surface area contributed by atoms with Crippen LogP contribution in [-0.2, 0) is 0 Å². The molecule has 0 bridgehead atoms. The molecule has 2 aromatic carbocycles. The largest absolute Gasteiger partial charge is 0.140 e. The molecule has 0 amide bonds. The van der Waals surface area contributed by atoms with Gasteiger partial charge in [-0.2, -0.15) is 0 Å². The summed E-state index contributed by atoms with van der Waals surface area (Å²) in [6, 6.07) is 12.7. The lowest BCUT2D eigenvalue weighted by Gasteiger charge is -2.02. The van der Waals surface area contributed by atoms with E-state index in [1.54, 1.807) is 0 Å². The van der Waals surface area contributed by atoms with E-state index in [0.717, 1.165) is 4.47 Å². The summed E-state index contributed by atoms with van der Waals surface area (Å²) in [5.41, 5.74) is 1.32. The Kier molecular flexibility index (Phi) is 1.93. The topological polar surface area (TPSA) is 0 Å². The first-order chi connectivity index (χ1) is 5.77. The van der Waals surface area contributed by atoms with Gasteiger partial charge in [0.2, 0.25) is 0 Å². The molecule has 0 nitrogen and oxygen atoms in total. The third-order valence-corrected chi connectivity index (χ3v) is 2.49. The van der Waals surface area contributed by atoms with Crippen molar-refractivity contribution in [1.82, 2.24) is 0 Å². The third kappa shape index (κ3) is 1.27. The van der Waals surface area contributed by atoms with Gasteiger partial charge in [-0.1, -0.05) is 51.7 Å². The van der Waals surface area contributed by atoms with Crippen LogP contribution < -0.4 is 5.46 Å². The highest BCUT2D eigenvalue weighted by molar-refractivity contribution is 9.10. The molecule has 0 atom stereocenters. The smallest absolute Gasteiger partial charge is 0.0802 e. The van der Waals surface area contributed by atoms with E-state index in [9.17, 15) is 0 Å². The number of halogens is 1. The zero-order chi connectivity index (χ0) is 8.55. The highest BCUT2D eigenvalue weighted by Crippen LogP contribution is 2.16. The molecular formula is C10H8BBr. The molecule has 0 aliphatic carbocycles. The van der Waals surface area contributed by atoms with Gasteiger partial charge in [-0.25, -0.2) is 0 Å². The Labute approximate surface area is 81.1 Å². The molecule has 0 aliphatic heterocycles. The van der Waals surface area contributed by atoms with Gasteiger partial charge in [-0.15, -0.1) is 0 Å². The molecule has 0 aliphatic rings. The first-order valence-electron chi connectivity index (χ1n) is 3.92. The molecule has 0 heterocycles. The molecule has 2 aromatic rings. The molecule has 0 radical (unpaired) electrons. The lowest BCUT2D eigenvalue weighted by molar-refractivity contribution is 1.74. The molecule has 0 fully saturated rings. The van der Waals surface area contributed by atoms with Crippen molar-refractivity contribution in [2.75, 3.05) is 0 Å². The number of hydrogen-bond donors (Lipinski definition) is 0. The van der Waals surface area contributed by atoms with Gasteiger partial charge in [0, 0.05) is 4.47 Å². The minimum Gasteiger partial charge on any atom is -0.0802 e. The van der Waals surface area contributed by atoms with E-state index in [1.807, 2.05) is 0 Å². The average molecular weight is 219 g/mol. The van der Waals surface area contributed by atoms with Gasteiger partial charge in [0.25, 0.3) is 0 Å². The van der Waals surface area contributed by atoms with Gasteiger partial charge >= 0.3 is 0 Å². The highest BCUT2D eigenvalue weighted by atomic mass is 79.9. The highest BCUT2D eigenvalue weighted by Gasteiger charge is 1.96. The fraction of sp³-hybridized carbons (Fsp3) is 0. The van der Waals surface area contributed by atoms with Gasteiger partial charge in [-0.3, -0.25) is 0 Å². The summed E-state index contributed by atoms with van der Waals surface area (Å²) < 4.78 is 1.15. The van der Waals surface area contributed by atoms with Crippen molar-refractivity contribution in [3.8, 4) is 0 Å². The van der Waals surface area contributed by atoms with E-state index in [0.29, 0.717) is 0 Å². The molecule has 0 aromatic heterocycles. The van der Waals surface area contributed by atoms with Crippen LogP contribution in [0.4, 0.5) is 0 Å². The van der Waals surface area contributed by atoms with Crippen LogP contribution in [0.2, 0.25) is 0 Å². The molecule has 0 saturated heterocycles. The van der Waals surface area contributed by atoms with Gasteiger partial charge in [-0.05, 0) is 16.8 Å². The normalized spacial score (nSPS) is 10.4. The van der Waals surface area contributed by atoms with E-state index < -0.39 is 0 Å². The standard InChI is InChI=1S/C10H8BBr/c11-10-6-8(12)5-7-3-1-2-4-9(7)10/h1-6H,11H2. The Bertz CT molecular complexity index is 423. The third-order valence-electron chi connectivity index (χ3n) is 2.03. The molecule has 0 saturated carbocycles. The predicted octanol–water partition coefficient (Wildman–Crippen LogP) is 1.86. The van der Waals surface area contributed by atoms with Crippen molar-refractivity contribution in [1.29, 1.82) is 0 Å². The van der Waals surface area contributed by atoms with Crippen LogP contribution in [0, 0.1) is 0 Å². The number of hydrogen-bond acceptors (Lipinski definition) is 0. The van der Waals surface area contributed by atoms with E-state index >= 15 is 0 Å². The van der Waals surface area contributed by atoms with Crippen molar-refractivity contribution in [2.24, 2.45) is 0 Å². The van der Waals surface area contributed by atoms with Crippen molar-refractivity contribution < 1.29 is 0 Å². The molecular weight excluding hydrogens is 211 g/mol. The van der Waals surface area contributed by atoms with Crippen LogP contribution >= 0.6 is 15.9 Å². The van der Waals surface area contributed by atoms with Crippen molar-refractivity contribution in [3.63, 3.8) is 0 Å². The molecule has 2 rings (SSSR count). The Morgan fingerprint density at radius 1 is 1.08 bits per heavy atom. The maximum Gasteiger partial charge on any atom is 0.140 e. The lowest BCUT2D eigenvalue weighted by atomic mass is 9.90. The summed E-state index contributed by atoms with van der Waals surface area (Å²) in [6.07, 6.45) is 0. The average Bonchev–Trinajstić information content (AvgIpc) is 2.04. The number of fused-ring (bicyclic) bond motifs is 1. The van der Waals surface area contributed by atoms with Gasteiger partial charge in [0.1, 0.15) is 7.85 Å². The zero-order valence-corrected chi connectivity index (χ0v) is 8.43. The van der Waals surface area contributed by atoms with E-state index in [-0.39, 0.29) is 0 Å². The molecule has 2 heteroatoms. The zero-order valence-electron chi connectivity index (χ0n) is 6.84. The molecule has 0 spiro atoms. The minimum absolute atomic E-state index is 1.15. The monoisotopic (exact) mass is 218 g/mol.